The van der Waals surface area contributed by atoms with Crippen molar-refractivity contribution in [2.45, 2.75) is 36.9 Å². The molecule has 1 aromatic heterocycles. The minimum atomic E-state index is -3.28. The van der Waals surface area contributed by atoms with Gasteiger partial charge in [0.05, 0.1) is 0 Å². The zero-order valence-electron chi connectivity index (χ0n) is 11.5. The number of hydrogen-bond donors (Lipinski definition) is 1. The van der Waals surface area contributed by atoms with Crippen LogP contribution in [0.25, 0.3) is 0 Å². The van der Waals surface area contributed by atoms with Crippen LogP contribution in [0.2, 0.25) is 0 Å². The Hall–Kier alpha value is -0.430. The summed E-state index contributed by atoms with van der Waals surface area (Å²) in [4.78, 5) is 0. The number of nitrogens with zero attached hydrogens (tertiary/aromatic N) is 1. The first kappa shape index (κ1) is 15.0. The van der Waals surface area contributed by atoms with Crippen LogP contribution in [-0.2, 0) is 10.0 Å². The SMILES string of the molecule is CCNC1CCN(S(=O)(=O)c2cccs2)CC1CC. The van der Waals surface area contributed by atoms with Gasteiger partial charge in [-0.25, -0.2) is 8.42 Å². The van der Waals surface area contributed by atoms with Crippen LogP contribution in [0.5, 0.6) is 0 Å². The number of nitrogens with one attached hydrogen (secondary N) is 1. The minimum Gasteiger partial charge on any atom is -0.314 e. The summed E-state index contributed by atoms with van der Waals surface area (Å²) in [5.74, 6) is 0.406. The quantitative estimate of drug-likeness (QED) is 0.906. The Kier molecular flexibility index (Phi) is 5.00. The average molecular weight is 302 g/mol. The monoisotopic (exact) mass is 302 g/mol. The van der Waals surface area contributed by atoms with Gasteiger partial charge < -0.3 is 5.32 Å². The molecule has 2 unspecified atom stereocenters. The summed E-state index contributed by atoms with van der Waals surface area (Å²) in [6.07, 6.45) is 1.91. The lowest BCUT2D eigenvalue weighted by atomic mass is 9.91. The summed E-state index contributed by atoms with van der Waals surface area (Å²) in [5, 5.41) is 5.29. The summed E-state index contributed by atoms with van der Waals surface area (Å²) in [6, 6.07) is 3.93. The molecule has 1 aliphatic heterocycles. The molecule has 0 bridgehead atoms. The highest BCUT2D eigenvalue weighted by Crippen LogP contribution is 2.27. The molecule has 1 fully saturated rings. The number of piperidine rings is 1. The Balaban J connectivity index is 2.12. The van der Waals surface area contributed by atoms with Gasteiger partial charge in [0.2, 0.25) is 0 Å². The summed E-state index contributed by atoms with van der Waals surface area (Å²) < 4.78 is 27.1. The van der Waals surface area contributed by atoms with Crippen molar-refractivity contribution in [1.82, 2.24) is 9.62 Å². The predicted octanol–water partition coefficient (Wildman–Crippen LogP) is 2.15. The molecule has 0 spiro atoms. The normalized spacial score (nSPS) is 25.6. The largest absolute Gasteiger partial charge is 0.314 e. The van der Waals surface area contributed by atoms with Gasteiger partial charge in [-0.3, -0.25) is 0 Å². The Morgan fingerprint density at radius 3 is 2.84 bits per heavy atom. The number of thiophene rings is 1. The van der Waals surface area contributed by atoms with E-state index in [2.05, 4.69) is 19.2 Å². The molecule has 19 heavy (non-hydrogen) atoms. The zero-order valence-corrected chi connectivity index (χ0v) is 13.1. The van der Waals surface area contributed by atoms with Crippen LogP contribution in [0.1, 0.15) is 26.7 Å². The molecule has 108 valence electrons. The van der Waals surface area contributed by atoms with Crippen molar-refractivity contribution in [2.24, 2.45) is 5.92 Å². The van der Waals surface area contributed by atoms with Crippen LogP contribution in [0.3, 0.4) is 0 Å². The first-order valence-corrected chi connectivity index (χ1v) is 9.18. The van der Waals surface area contributed by atoms with Crippen molar-refractivity contribution in [3.8, 4) is 0 Å². The van der Waals surface area contributed by atoms with Gasteiger partial charge in [-0.2, -0.15) is 4.31 Å². The van der Waals surface area contributed by atoms with Gasteiger partial charge in [-0.05, 0) is 30.3 Å². The first-order chi connectivity index (χ1) is 9.09. The van der Waals surface area contributed by atoms with E-state index in [1.165, 1.54) is 11.3 Å². The molecule has 1 aromatic rings. The van der Waals surface area contributed by atoms with E-state index < -0.39 is 10.0 Å². The fourth-order valence-electron chi connectivity index (χ4n) is 2.70. The van der Waals surface area contributed by atoms with Gasteiger partial charge in [0, 0.05) is 19.1 Å². The van der Waals surface area contributed by atoms with Crippen LogP contribution >= 0.6 is 11.3 Å². The Labute approximate surface area is 119 Å². The fraction of sp³-hybridized carbons (Fsp3) is 0.692. The van der Waals surface area contributed by atoms with Crippen molar-refractivity contribution < 1.29 is 8.42 Å². The lowest BCUT2D eigenvalue weighted by Gasteiger charge is -2.37. The third-order valence-electron chi connectivity index (χ3n) is 3.78. The van der Waals surface area contributed by atoms with E-state index in [-0.39, 0.29) is 0 Å². The second-order valence-electron chi connectivity index (χ2n) is 4.92. The second-order valence-corrected chi connectivity index (χ2v) is 8.03. The highest BCUT2D eigenvalue weighted by molar-refractivity contribution is 7.91. The molecule has 0 amide bonds. The van der Waals surface area contributed by atoms with E-state index >= 15 is 0 Å². The van der Waals surface area contributed by atoms with Gasteiger partial charge in [0.25, 0.3) is 10.0 Å². The van der Waals surface area contributed by atoms with Crippen molar-refractivity contribution >= 4 is 21.4 Å². The zero-order chi connectivity index (χ0) is 13.9. The predicted molar refractivity (Wildman–Crippen MR) is 78.9 cm³/mol. The van der Waals surface area contributed by atoms with Crippen molar-refractivity contribution in [3.05, 3.63) is 17.5 Å². The highest BCUT2D eigenvalue weighted by Gasteiger charge is 2.34. The van der Waals surface area contributed by atoms with Crippen LogP contribution in [0.15, 0.2) is 21.7 Å². The number of sulfonamides is 1. The van der Waals surface area contributed by atoms with Crippen molar-refractivity contribution in [1.29, 1.82) is 0 Å². The Morgan fingerprint density at radius 1 is 1.47 bits per heavy atom. The molecule has 4 nitrogen and oxygen atoms in total. The van der Waals surface area contributed by atoms with E-state index in [0.717, 1.165) is 19.4 Å². The highest BCUT2D eigenvalue weighted by atomic mass is 32.2. The van der Waals surface area contributed by atoms with E-state index in [9.17, 15) is 8.42 Å². The van der Waals surface area contributed by atoms with Crippen molar-refractivity contribution in [3.63, 3.8) is 0 Å². The van der Waals surface area contributed by atoms with Crippen molar-refractivity contribution in [2.75, 3.05) is 19.6 Å². The minimum absolute atomic E-state index is 0.406. The third kappa shape index (κ3) is 3.18. The van der Waals surface area contributed by atoms with Gasteiger partial charge in [0.15, 0.2) is 0 Å². The lowest BCUT2D eigenvalue weighted by Crippen LogP contribution is -2.50. The molecule has 1 N–H and O–H groups in total. The summed E-state index contributed by atoms with van der Waals surface area (Å²) in [5.41, 5.74) is 0. The molecule has 2 atom stereocenters. The fourth-order valence-corrected chi connectivity index (χ4v) is 5.36. The van der Waals surface area contributed by atoms with Crippen LogP contribution in [0.4, 0.5) is 0 Å². The van der Waals surface area contributed by atoms with E-state index in [0.29, 0.717) is 29.3 Å². The van der Waals surface area contributed by atoms with Gasteiger partial charge in [-0.1, -0.05) is 26.3 Å². The summed E-state index contributed by atoms with van der Waals surface area (Å²) in [6.45, 7) is 6.43. The lowest BCUT2D eigenvalue weighted by molar-refractivity contribution is 0.204. The van der Waals surface area contributed by atoms with Gasteiger partial charge in [-0.15, -0.1) is 11.3 Å². The molecule has 2 heterocycles. The van der Waals surface area contributed by atoms with Crippen LogP contribution in [-0.4, -0.2) is 38.4 Å². The standard InChI is InChI=1S/C13H22N2O2S2/c1-3-11-10-15(8-7-12(11)14-4-2)19(16,17)13-6-5-9-18-13/h5-6,9,11-12,14H,3-4,7-8,10H2,1-2H3. The van der Waals surface area contributed by atoms with Crippen LogP contribution < -0.4 is 5.32 Å². The maximum absolute atomic E-state index is 12.5. The molecule has 0 radical (unpaired) electrons. The number of rotatable bonds is 5. The topological polar surface area (TPSA) is 49.4 Å². The number of hydrogen-bond acceptors (Lipinski definition) is 4. The summed E-state index contributed by atoms with van der Waals surface area (Å²) in [7, 11) is -3.28. The molecule has 1 aliphatic rings. The molecular formula is C13H22N2O2S2. The maximum Gasteiger partial charge on any atom is 0.252 e. The van der Waals surface area contributed by atoms with Gasteiger partial charge >= 0.3 is 0 Å². The van der Waals surface area contributed by atoms with E-state index in [1.54, 1.807) is 16.4 Å². The van der Waals surface area contributed by atoms with Gasteiger partial charge in [0.1, 0.15) is 4.21 Å². The summed E-state index contributed by atoms with van der Waals surface area (Å²) >= 11 is 1.30. The molecule has 0 aliphatic carbocycles. The van der Waals surface area contributed by atoms with Crippen LogP contribution in [0, 0.1) is 5.92 Å². The first-order valence-electron chi connectivity index (χ1n) is 6.86. The molecular weight excluding hydrogens is 280 g/mol. The Bertz CT molecular complexity index is 485. The Morgan fingerprint density at radius 2 is 2.26 bits per heavy atom. The maximum atomic E-state index is 12.5. The third-order valence-corrected chi connectivity index (χ3v) is 7.01. The smallest absolute Gasteiger partial charge is 0.252 e. The molecule has 0 saturated carbocycles. The van der Waals surface area contributed by atoms with E-state index in [4.69, 9.17) is 0 Å². The molecule has 2 rings (SSSR count). The average Bonchev–Trinajstić information content (AvgIpc) is 2.94. The molecule has 0 aromatic carbocycles. The molecule has 1 saturated heterocycles. The molecule has 6 heteroatoms. The second kappa shape index (κ2) is 6.35. The van der Waals surface area contributed by atoms with E-state index in [1.807, 2.05) is 5.38 Å².